The number of hydrogen-bond acceptors (Lipinski definition) is 3. The Bertz CT molecular complexity index is 570. The summed E-state index contributed by atoms with van der Waals surface area (Å²) in [7, 11) is 1.66. The van der Waals surface area contributed by atoms with Crippen molar-refractivity contribution >= 4 is 27.4 Å². The zero-order chi connectivity index (χ0) is 13.1. The molecule has 4 heteroatoms. The number of benzene rings is 1. The summed E-state index contributed by atoms with van der Waals surface area (Å²) in [6, 6.07) is 8.02. The number of halogens is 1. The summed E-state index contributed by atoms with van der Waals surface area (Å²) in [5, 5.41) is 3.28. The van der Waals surface area contributed by atoms with Gasteiger partial charge in [0.25, 0.3) is 0 Å². The Morgan fingerprint density at radius 3 is 2.61 bits per heavy atom. The molecule has 0 aliphatic carbocycles. The number of anilines is 2. The lowest BCUT2D eigenvalue weighted by Gasteiger charge is -2.12. The van der Waals surface area contributed by atoms with Crippen LogP contribution in [0.4, 0.5) is 11.5 Å². The fourth-order valence-corrected chi connectivity index (χ4v) is 2.24. The summed E-state index contributed by atoms with van der Waals surface area (Å²) in [4.78, 5) is 4.36. The highest BCUT2D eigenvalue weighted by molar-refractivity contribution is 9.10. The van der Waals surface area contributed by atoms with Gasteiger partial charge in [-0.3, -0.25) is 0 Å². The highest BCUT2D eigenvalue weighted by atomic mass is 79.9. The van der Waals surface area contributed by atoms with Gasteiger partial charge in [-0.05, 0) is 59.1 Å². The van der Waals surface area contributed by atoms with Crippen LogP contribution in [0, 0.1) is 13.8 Å². The van der Waals surface area contributed by atoms with Crippen molar-refractivity contribution in [1.29, 1.82) is 0 Å². The Morgan fingerprint density at radius 1 is 1.17 bits per heavy atom. The molecular formula is C14H15BrN2O. The van der Waals surface area contributed by atoms with Gasteiger partial charge in [0.05, 0.1) is 17.3 Å². The minimum absolute atomic E-state index is 0.782. The van der Waals surface area contributed by atoms with E-state index in [0.717, 1.165) is 27.3 Å². The summed E-state index contributed by atoms with van der Waals surface area (Å²) >= 11 is 3.50. The molecule has 3 nitrogen and oxygen atoms in total. The third-order valence-electron chi connectivity index (χ3n) is 2.59. The fraction of sp³-hybridized carbons (Fsp3) is 0.214. The van der Waals surface area contributed by atoms with Crippen LogP contribution >= 0.6 is 15.9 Å². The normalized spacial score (nSPS) is 10.2. The molecule has 0 amide bonds. The number of hydrogen-bond donors (Lipinski definition) is 1. The fourth-order valence-electron chi connectivity index (χ4n) is 1.67. The Morgan fingerprint density at radius 2 is 1.94 bits per heavy atom. The van der Waals surface area contributed by atoms with Gasteiger partial charge in [0, 0.05) is 6.20 Å². The first-order chi connectivity index (χ1) is 8.60. The largest absolute Gasteiger partial charge is 0.495 e. The minimum atomic E-state index is 0.782. The Hall–Kier alpha value is -1.55. The third kappa shape index (κ3) is 2.82. The number of rotatable bonds is 3. The maximum absolute atomic E-state index is 5.33. The van der Waals surface area contributed by atoms with Gasteiger partial charge in [0.1, 0.15) is 11.6 Å². The van der Waals surface area contributed by atoms with Crippen LogP contribution in [0.25, 0.3) is 0 Å². The number of aromatic nitrogens is 1. The van der Waals surface area contributed by atoms with Gasteiger partial charge >= 0.3 is 0 Å². The van der Waals surface area contributed by atoms with E-state index in [4.69, 9.17) is 4.74 Å². The van der Waals surface area contributed by atoms with Crippen molar-refractivity contribution in [3.8, 4) is 5.75 Å². The standard InChI is InChI=1S/C14H15BrN2O/c1-9-4-5-13(18-3)12(7-9)17-14-11(15)6-10(2)8-16-14/h4-8H,1-3H3,(H,16,17). The van der Waals surface area contributed by atoms with E-state index in [0.29, 0.717) is 0 Å². The van der Waals surface area contributed by atoms with Gasteiger partial charge < -0.3 is 10.1 Å². The predicted molar refractivity (Wildman–Crippen MR) is 77.7 cm³/mol. The van der Waals surface area contributed by atoms with Crippen LogP contribution in [0.3, 0.4) is 0 Å². The average molecular weight is 307 g/mol. The summed E-state index contributed by atoms with van der Waals surface area (Å²) in [6.07, 6.45) is 1.83. The number of methoxy groups -OCH3 is 1. The lowest BCUT2D eigenvalue weighted by molar-refractivity contribution is 0.416. The molecule has 1 aromatic heterocycles. The molecule has 0 aliphatic rings. The van der Waals surface area contributed by atoms with E-state index in [2.05, 4.69) is 26.2 Å². The van der Waals surface area contributed by atoms with E-state index in [9.17, 15) is 0 Å². The molecule has 2 aromatic rings. The molecular weight excluding hydrogens is 292 g/mol. The van der Waals surface area contributed by atoms with Crippen molar-refractivity contribution in [2.24, 2.45) is 0 Å². The first-order valence-corrected chi connectivity index (χ1v) is 6.43. The number of pyridine rings is 1. The molecule has 0 bridgehead atoms. The zero-order valence-corrected chi connectivity index (χ0v) is 12.2. The molecule has 18 heavy (non-hydrogen) atoms. The van der Waals surface area contributed by atoms with Crippen LogP contribution < -0.4 is 10.1 Å². The van der Waals surface area contributed by atoms with E-state index < -0.39 is 0 Å². The third-order valence-corrected chi connectivity index (χ3v) is 3.19. The second kappa shape index (κ2) is 5.40. The van der Waals surface area contributed by atoms with Crippen LogP contribution in [0.2, 0.25) is 0 Å². The topological polar surface area (TPSA) is 34.1 Å². The molecule has 0 fully saturated rings. The Kier molecular flexibility index (Phi) is 3.87. The van der Waals surface area contributed by atoms with Crippen molar-refractivity contribution < 1.29 is 4.74 Å². The van der Waals surface area contributed by atoms with Crippen molar-refractivity contribution in [3.05, 3.63) is 46.1 Å². The highest BCUT2D eigenvalue weighted by Crippen LogP contribution is 2.30. The van der Waals surface area contributed by atoms with Crippen LogP contribution in [-0.4, -0.2) is 12.1 Å². The van der Waals surface area contributed by atoms with Crippen molar-refractivity contribution in [2.75, 3.05) is 12.4 Å². The molecule has 1 N–H and O–H groups in total. The van der Waals surface area contributed by atoms with Crippen molar-refractivity contribution in [3.63, 3.8) is 0 Å². The van der Waals surface area contributed by atoms with Crippen LogP contribution in [0.15, 0.2) is 34.9 Å². The van der Waals surface area contributed by atoms with Crippen LogP contribution in [0.1, 0.15) is 11.1 Å². The Labute approximate surface area is 115 Å². The first-order valence-electron chi connectivity index (χ1n) is 5.64. The average Bonchev–Trinajstić information content (AvgIpc) is 2.33. The number of ether oxygens (including phenoxy) is 1. The number of nitrogens with zero attached hydrogens (tertiary/aromatic N) is 1. The van der Waals surface area contributed by atoms with Gasteiger partial charge in [0.2, 0.25) is 0 Å². The number of aryl methyl sites for hydroxylation is 2. The van der Waals surface area contributed by atoms with Gasteiger partial charge in [-0.2, -0.15) is 0 Å². The lowest BCUT2D eigenvalue weighted by atomic mass is 10.2. The second-order valence-electron chi connectivity index (χ2n) is 4.17. The molecule has 0 aliphatic heterocycles. The summed E-state index contributed by atoms with van der Waals surface area (Å²) in [5.74, 6) is 1.58. The SMILES string of the molecule is COc1ccc(C)cc1Nc1ncc(C)cc1Br. The summed E-state index contributed by atoms with van der Waals surface area (Å²) in [5.41, 5.74) is 3.19. The molecule has 0 saturated heterocycles. The lowest BCUT2D eigenvalue weighted by Crippen LogP contribution is -1.98. The van der Waals surface area contributed by atoms with Crippen molar-refractivity contribution in [1.82, 2.24) is 4.98 Å². The van der Waals surface area contributed by atoms with E-state index in [1.54, 1.807) is 7.11 Å². The second-order valence-corrected chi connectivity index (χ2v) is 5.03. The molecule has 0 spiro atoms. The van der Waals surface area contributed by atoms with Gasteiger partial charge in [-0.25, -0.2) is 4.98 Å². The molecule has 1 heterocycles. The van der Waals surface area contributed by atoms with E-state index in [1.807, 2.05) is 44.3 Å². The molecule has 2 rings (SSSR count). The van der Waals surface area contributed by atoms with Crippen LogP contribution in [-0.2, 0) is 0 Å². The van der Waals surface area contributed by atoms with Gasteiger partial charge in [-0.15, -0.1) is 0 Å². The van der Waals surface area contributed by atoms with Gasteiger partial charge in [0.15, 0.2) is 0 Å². The first kappa shape index (κ1) is 12.9. The monoisotopic (exact) mass is 306 g/mol. The maximum atomic E-state index is 5.33. The quantitative estimate of drug-likeness (QED) is 0.922. The van der Waals surface area contributed by atoms with Gasteiger partial charge in [-0.1, -0.05) is 6.07 Å². The molecule has 0 atom stereocenters. The Balaban J connectivity index is 2.36. The zero-order valence-electron chi connectivity index (χ0n) is 10.6. The number of nitrogens with one attached hydrogen (secondary N) is 1. The van der Waals surface area contributed by atoms with E-state index in [1.165, 1.54) is 5.56 Å². The minimum Gasteiger partial charge on any atom is -0.495 e. The van der Waals surface area contributed by atoms with E-state index in [-0.39, 0.29) is 0 Å². The predicted octanol–water partition coefficient (Wildman–Crippen LogP) is 4.21. The summed E-state index contributed by atoms with van der Waals surface area (Å²) in [6.45, 7) is 4.05. The molecule has 94 valence electrons. The van der Waals surface area contributed by atoms with Crippen molar-refractivity contribution in [2.45, 2.75) is 13.8 Å². The van der Waals surface area contributed by atoms with E-state index >= 15 is 0 Å². The summed E-state index contributed by atoms with van der Waals surface area (Å²) < 4.78 is 6.27. The molecule has 1 aromatic carbocycles. The maximum Gasteiger partial charge on any atom is 0.144 e. The molecule has 0 radical (unpaired) electrons. The highest BCUT2D eigenvalue weighted by Gasteiger charge is 2.07. The molecule has 0 saturated carbocycles. The molecule has 0 unspecified atom stereocenters. The van der Waals surface area contributed by atoms with Crippen LogP contribution in [0.5, 0.6) is 5.75 Å². The smallest absolute Gasteiger partial charge is 0.144 e.